The highest BCUT2D eigenvalue weighted by Gasteiger charge is 2.07. The minimum absolute atomic E-state index is 0.750. The van der Waals surface area contributed by atoms with E-state index in [1.165, 1.54) is 4.88 Å². The van der Waals surface area contributed by atoms with Gasteiger partial charge in [0.2, 0.25) is 0 Å². The number of hydrogen-bond acceptors (Lipinski definition) is 4. The number of nitrogens with one attached hydrogen (secondary N) is 1. The van der Waals surface area contributed by atoms with Gasteiger partial charge in [-0.2, -0.15) is 5.10 Å². The van der Waals surface area contributed by atoms with E-state index in [1.54, 1.807) is 11.3 Å². The van der Waals surface area contributed by atoms with Gasteiger partial charge in [-0.15, -0.1) is 16.4 Å². The summed E-state index contributed by atoms with van der Waals surface area (Å²) in [6, 6.07) is 10.3. The molecule has 0 spiro atoms. The number of nitrogens with zero attached hydrogens (tertiary/aromatic N) is 2. The van der Waals surface area contributed by atoms with Crippen LogP contribution in [0.25, 0.3) is 10.8 Å². The topological polar surface area (TPSA) is 37.8 Å². The number of aromatic nitrogens is 2. The first kappa shape index (κ1) is 12.6. The third kappa shape index (κ3) is 2.48. The van der Waals surface area contributed by atoms with E-state index in [9.17, 15) is 0 Å². The van der Waals surface area contributed by atoms with Crippen LogP contribution in [-0.4, -0.2) is 10.2 Å². The molecule has 0 amide bonds. The summed E-state index contributed by atoms with van der Waals surface area (Å²) in [5.74, 6) is 0.835. The monoisotopic (exact) mass is 333 g/mol. The molecule has 1 aromatic carbocycles. The summed E-state index contributed by atoms with van der Waals surface area (Å²) in [6.45, 7) is 2.73. The predicted octanol–water partition coefficient (Wildman–Crippen LogP) is 4.37. The second-order valence-electron chi connectivity index (χ2n) is 4.22. The molecule has 5 heteroatoms. The summed E-state index contributed by atoms with van der Waals surface area (Å²) in [4.78, 5) is 1.26. The van der Waals surface area contributed by atoms with E-state index in [1.807, 2.05) is 19.1 Å². The van der Waals surface area contributed by atoms with Crippen LogP contribution in [-0.2, 0) is 6.54 Å². The lowest BCUT2D eigenvalue weighted by molar-refractivity contribution is 0.986. The first-order valence-corrected chi connectivity index (χ1v) is 7.61. The Bertz CT molecular complexity index is 724. The Morgan fingerprint density at radius 1 is 1.16 bits per heavy atom. The van der Waals surface area contributed by atoms with Gasteiger partial charge in [-0.3, -0.25) is 0 Å². The van der Waals surface area contributed by atoms with Crippen molar-refractivity contribution in [1.29, 1.82) is 0 Å². The minimum Gasteiger partial charge on any atom is -0.363 e. The Kier molecular flexibility index (Phi) is 3.48. The number of fused-ring (bicyclic) bond motifs is 1. The molecular formula is C14H12BrN3S. The van der Waals surface area contributed by atoms with Crippen LogP contribution in [0.5, 0.6) is 0 Å². The van der Waals surface area contributed by atoms with E-state index in [0.29, 0.717) is 0 Å². The van der Waals surface area contributed by atoms with Crippen molar-refractivity contribution in [3.8, 4) is 0 Å². The quantitative estimate of drug-likeness (QED) is 0.773. The van der Waals surface area contributed by atoms with Crippen LogP contribution in [0.4, 0.5) is 5.82 Å². The summed E-state index contributed by atoms with van der Waals surface area (Å²) >= 11 is 5.26. The second-order valence-corrected chi connectivity index (χ2v) is 6.08. The summed E-state index contributed by atoms with van der Waals surface area (Å²) in [7, 11) is 0. The third-order valence-corrected chi connectivity index (χ3v) is 4.91. The van der Waals surface area contributed by atoms with E-state index >= 15 is 0 Å². The molecule has 3 aromatic rings. The lowest BCUT2D eigenvalue weighted by Crippen LogP contribution is -2.03. The van der Waals surface area contributed by atoms with Gasteiger partial charge in [-0.1, -0.05) is 24.3 Å². The molecule has 0 saturated heterocycles. The highest BCUT2D eigenvalue weighted by Crippen LogP contribution is 2.26. The van der Waals surface area contributed by atoms with Gasteiger partial charge in [0, 0.05) is 20.1 Å². The molecule has 0 aliphatic rings. The van der Waals surface area contributed by atoms with Gasteiger partial charge in [-0.25, -0.2) is 0 Å². The molecule has 0 aliphatic heterocycles. The highest BCUT2D eigenvalue weighted by atomic mass is 79.9. The second kappa shape index (κ2) is 5.27. The number of anilines is 1. The zero-order valence-electron chi connectivity index (χ0n) is 10.4. The van der Waals surface area contributed by atoms with Crippen LogP contribution in [0.15, 0.2) is 40.2 Å². The standard InChI is InChI=1S/C14H12BrN3S/c1-9-10-4-2-3-5-11(10)14(18-17-9)16-8-13-12(15)6-7-19-13/h2-7H,8H2,1H3,(H,16,18). The number of halogens is 1. The van der Waals surface area contributed by atoms with Gasteiger partial charge < -0.3 is 5.32 Å². The summed E-state index contributed by atoms with van der Waals surface area (Å²) in [6.07, 6.45) is 0. The average molecular weight is 334 g/mol. The lowest BCUT2D eigenvalue weighted by atomic mass is 10.1. The van der Waals surface area contributed by atoms with Gasteiger partial charge in [-0.05, 0) is 34.3 Å². The molecule has 1 N–H and O–H groups in total. The van der Waals surface area contributed by atoms with Crippen molar-refractivity contribution in [1.82, 2.24) is 10.2 Å². The Labute approximate surface area is 123 Å². The molecular weight excluding hydrogens is 322 g/mol. The molecule has 0 aliphatic carbocycles. The van der Waals surface area contributed by atoms with Crippen molar-refractivity contribution in [3.05, 3.63) is 50.8 Å². The maximum absolute atomic E-state index is 4.26. The smallest absolute Gasteiger partial charge is 0.156 e. The molecule has 0 unspecified atom stereocenters. The van der Waals surface area contributed by atoms with Crippen LogP contribution in [0.1, 0.15) is 10.6 Å². The van der Waals surface area contributed by atoms with Gasteiger partial charge in [0.1, 0.15) is 0 Å². The fourth-order valence-corrected chi connectivity index (χ4v) is 3.42. The summed E-state index contributed by atoms with van der Waals surface area (Å²) in [5, 5.41) is 16.2. The predicted molar refractivity (Wildman–Crippen MR) is 83.6 cm³/mol. The number of aryl methyl sites for hydroxylation is 1. The van der Waals surface area contributed by atoms with Crippen molar-refractivity contribution in [2.24, 2.45) is 0 Å². The zero-order chi connectivity index (χ0) is 13.2. The van der Waals surface area contributed by atoms with Crippen molar-refractivity contribution in [2.75, 3.05) is 5.32 Å². The molecule has 3 rings (SSSR count). The number of hydrogen-bond donors (Lipinski definition) is 1. The Hall–Kier alpha value is -1.46. The molecule has 0 saturated carbocycles. The summed E-state index contributed by atoms with van der Waals surface area (Å²) < 4.78 is 1.13. The van der Waals surface area contributed by atoms with Crippen LogP contribution in [0.3, 0.4) is 0 Å². The fraction of sp³-hybridized carbons (Fsp3) is 0.143. The Balaban J connectivity index is 1.93. The van der Waals surface area contributed by atoms with Crippen LogP contribution < -0.4 is 5.32 Å². The van der Waals surface area contributed by atoms with E-state index in [4.69, 9.17) is 0 Å². The zero-order valence-corrected chi connectivity index (χ0v) is 12.8. The minimum atomic E-state index is 0.750. The average Bonchev–Trinajstić information content (AvgIpc) is 2.84. The summed E-state index contributed by atoms with van der Waals surface area (Å²) in [5.41, 5.74) is 0.957. The van der Waals surface area contributed by atoms with Crippen molar-refractivity contribution >= 4 is 43.9 Å². The molecule has 0 radical (unpaired) electrons. The van der Waals surface area contributed by atoms with Gasteiger partial charge in [0.15, 0.2) is 5.82 Å². The first-order chi connectivity index (χ1) is 9.25. The maximum Gasteiger partial charge on any atom is 0.156 e. The molecule has 2 aromatic heterocycles. The molecule has 0 atom stereocenters. The van der Waals surface area contributed by atoms with Crippen molar-refractivity contribution < 1.29 is 0 Å². The van der Waals surface area contributed by atoms with E-state index in [0.717, 1.165) is 33.3 Å². The van der Waals surface area contributed by atoms with E-state index in [-0.39, 0.29) is 0 Å². The van der Waals surface area contributed by atoms with Crippen molar-refractivity contribution in [3.63, 3.8) is 0 Å². The fourth-order valence-electron chi connectivity index (χ4n) is 1.98. The Morgan fingerprint density at radius 2 is 1.95 bits per heavy atom. The highest BCUT2D eigenvalue weighted by molar-refractivity contribution is 9.10. The molecule has 3 nitrogen and oxygen atoms in total. The number of thiophene rings is 1. The van der Waals surface area contributed by atoms with Crippen molar-refractivity contribution in [2.45, 2.75) is 13.5 Å². The van der Waals surface area contributed by atoms with E-state index in [2.05, 4.69) is 55.0 Å². The van der Waals surface area contributed by atoms with Crippen LogP contribution in [0.2, 0.25) is 0 Å². The lowest BCUT2D eigenvalue weighted by Gasteiger charge is -2.08. The third-order valence-electron chi connectivity index (χ3n) is 2.98. The van der Waals surface area contributed by atoms with Gasteiger partial charge >= 0.3 is 0 Å². The largest absolute Gasteiger partial charge is 0.363 e. The Morgan fingerprint density at radius 3 is 2.68 bits per heavy atom. The normalized spacial score (nSPS) is 10.8. The SMILES string of the molecule is Cc1nnc(NCc2sccc2Br)c2ccccc12. The molecule has 2 heterocycles. The number of rotatable bonds is 3. The van der Waals surface area contributed by atoms with E-state index < -0.39 is 0 Å². The maximum atomic E-state index is 4.26. The van der Waals surface area contributed by atoms with Gasteiger partial charge in [0.05, 0.1) is 12.2 Å². The number of benzene rings is 1. The van der Waals surface area contributed by atoms with Crippen LogP contribution in [0, 0.1) is 6.92 Å². The molecule has 0 fully saturated rings. The molecule has 0 bridgehead atoms. The molecule has 96 valence electrons. The van der Waals surface area contributed by atoms with Gasteiger partial charge in [0.25, 0.3) is 0 Å². The first-order valence-electron chi connectivity index (χ1n) is 5.93. The van der Waals surface area contributed by atoms with Crippen LogP contribution >= 0.6 is 27.3 Å². The molecule has 19 heavy (non-hydrogen) atoms.